The van der Waals surface area contributed by atoms with E-state index in [1.807, 2.05) is 14.0 Å². The van der Waals surface area contributed by atoms with Gasteiger partial charge in [0.15, 0.2) is 0 Å². The van der Waals surface area contributed by atoms with Crippen molar-refractivity contribution in [3.63, 3.8) is 0 Å². The molecule has 2 aliphatic rings. The lowest BCUT2D eigenvalue weighted by atomic mass is 10.0. The second kappa shape index (κ2) is 5.97. The van der Waals surface area contributed by atoms with E-state index in [2.05, 4.69) is 5.32 Å². The summed E-state index contributed by atoms with van der Waals surface area (Å²) >= 11 is 0. The number of amides is 1. The Kier molecular flexibility index (Phi) is 4.55. The normalized spacial score (nSPS) is 36.9. The van der Waals surface area contributed by atoms with E-state index in [1.54, 1.807) is 4.90 Å². The Morgan fingerprint density at radius 2 is 2.22 bits per heavy atom. The highest BCUT2D eigenvalue weighted by molar-refractivity contribution is 5.80. The molecule has 0 spiro atoms. The summed E-state index contributed by atoms with van der Waals surface area (Å²) < 4.78 is 10.9. The van der Waals surface area contributed by atoms with Gasteiger partial charge in [-0.25, -0.2) is 0 Å². The first-order valence-electron chi connectivity index (χ1n) is 6.45. The van der Waals surface area contributed by atoms with Crippen LogP contribution in [0.4, 0.5) is 0 Å². The van der Waals surface area contributed by atoms with Gasteiger partial charge in [-0.3, -0.25) is 4.79 Å². The molecule has 0 aromatic rings. The van der Waals surface area contributed by atoms with Gasteiger partial charge in [0.05, 0.1) is 37.9 Å². The van der Waals surface area contributed by atoms with Crippen LogP contribution in [0, 0.1) is 5.92 Å². The zero-order chi connectivity index (χ0) is 13.1. The van der Waals surface area contributed by atoms with Crippen LogP contribution in [-0.4, -0.2) is 74.1 Å². The summed E-state index contributed by atoms with van der Waals surface area (Å²) in [6.45, 7) is 3.97. The molecule has 4 atom stereocenters. The third kappa shape index (κ3) is 2.83. The number of hydrogen-bond donors (Lipinski definition) is 2. The molecule has 0 aromatic carbocycles. The molecule has 1 amide bonds. The number of ether oxygens (including phenoxy) is 2. The van der Waals surface area contributed by atoms with Crippen molar-refractivity contribution in [2.45, 2.75) is 25.2 Å². The number of carbonyl (C=O) groups excluding carboxylic acids is 1. The maximum atomic E-state index is 12.4. The minimum absolute atomic E-state index is 0.0322. The summed E-state index contributed by atoms with van der Waals surface area (Å²) in [6.07, 6.45) is -0.303. The van der Waals surface area contributed by atoms with Gasteiger partial charge in [-0.2, -0.15) is 0 Å². The molecule has 2 saturated heterocycles. The second-order valence-corrected chi connectivity index (χ2v) is 5.03. The van der Waals surface area contributed by atoms with Gasteiger partial charge in [0.25, 0.3) is 0 Å². The third-order valence-corrected chi connectivity index (χ3v) is 3.61. The van der Waals surface area contributed by atoms with Crippen LogP contribution in [0.1, 0.15) is 6.92 Å². The van der Waals surface area contributed by atoms with E-state index in [9.17, 15) is 9.90 Å². The van der Waals surface area contributed by atoms with Crippen molar-refractivity contribution in [2.24, 2.45) is 5.92 Å². The lowest BCUT2D eigenvalue weighted by molar-refractivity contribution is -0.151. The minimum Gasteiger partial charge on any atom is -0.394 e. The topological polar surface area (TPSA) is 71.0 Å². The van der Waals surface area contributed by atoms with Gasteiger partial charge in [0.2, 0.25) is 5.91 Å². The van der Waals surface area contributed by atoms with Gasteiger partial charge in [-0.15, -0.1) is 0 Å². The molecule has 2 heterocycles. The number of carbonyl (C=O) groups is 1. The van der Waals surface area contributed by atoms with Crippen molar-refractivity contribution in [1.29, 1.82) is 0 Å². The second-order valence-electron chi connectivity index (χ2n) is 5.03. The predicted octanol–water partition coefficient (Wildman–Crippen LogP) is -1.17. The Bertz CT molecular complexity index is 300. The van der Waals surface area contributed by atoms with Gasteiger partial charge in [0.1, 0.15) is 0 Å². The maximum absolute atomic E-state index is 12.4. The molecule has 2 fully saturated rings. The zero-order valence-electron chi connectivity index (χ0n) is 11.0. The number of nitrogens with one attached hydrogen (secondary N) is 1. The van der Waals surface area contributed by atoms with Crippen molar-refractivity contribution in [1.82, 2.24) is 10.2 Å². The van der Waals surface area contributed by atoms with Crippen LogP contribution in [0.25, 0.3) is 0 Å². The van der Waals surface area contributed by atoms with Crippen molar-refractivity contribution in [3.05, 3.63) is 0 Å². The van der Waals surface area contributed by atoms with Crippen molar-refractivity contribution in [2.75, 3.05) is 40.0 Å². The summed E-state index contributed by atoms with van der Waals surface area (Å²) in [7, 11) is 1.85. The van der Waals surface area contributed by atoms with E-state index in [-0.39, 0.29) is 36.7 Å². The number of aliphatic hydroxyl groups excluding tert-OH is 1. The fraction of sp³-hybridized carbons (Fsp3) is 0.917. The molecule has 6 nitrogen and oxygen atoms in total. The Morgan fingerprint density at radius 3 is 2.89 bits per heavy atom. The molecular weight excluding hydrogens is 236 g/mol. The van der Waals surface area contributed by atoms with Gasteiger partial charge in [-0.05, 0) is 14.0 Å². The number of rotatable bonds is 3. The smallest absolute Gasteiger partial charge is 0.229 e. The van der Waals surface area contributed by atoms with Gasteiger partial charge in [0, 0.05) is 19.1 Å². The first kappa shape index (κ1) is 13.7. The molecule has 6 heteroatoms. The fourth-order valence-corrected chi connectivity index (χ4v) is 2.64. The van der Waals surface area contributed by atoms with Crippen LogP contribution >= 0.6 is 0 Å². The maximum Gasteiger partial charge on any atom is 0.229 e. The van der Waals surface area contributed by atoms with E-state index in [4.69, 9.17) is 9.47 Å². The van der Waals surface area contributed by atoms with Gasteiger partial charge in [-0.1, -0.05) is 0 Å². The molecular formula is C12H22N2O4. The lowest BCUT2D eigenvalue weighted by Crippen LogP contribution is -2.54. The molecule has 2 aliphatic heterocycles. The minimum atomic E-state index is -0.270. The number of likely N-dealkylation sites (N-methyl/N-ethyl adjacent to an activating group) is 1. The first-order chi connectivity index (χ1) is 8.65. The summed E-state index contributed by atoms with van der Waals surface area (Å²) in [6, 6.07) is 0.0863. The Morgan fingerprint density at radius 1 is 1.44 bits per heavy atom. The third-order valence-electron chi connectivity index (χ3n) is 3.61. The molecule has 0 aromatic heterocycles. The lowest BCUT2D eigenvalue weighted by Gasteiger charge is -2.37. The van der Waals surface area contributed by atoms with E-state index in [1.165, 1.54) is 0 Å². The van der Waals surface area contributed by atoms with Crippen molar-refractivity contribution < 1.29 is 19.4 Å². The Labute approximate surface area is 107 Å². The Balaban J connectivity index is 1.99. The summed E-state index contributed by atoms with van der Waals surface area (Å²) in [4.78, 5) is 14.2. The van der Waals surface area contributed by atoms with Crippen LogP contribution in [0.15, 0.2) is 0 Å². The molecule has 4 unspecified atom stereocenters. The van der Waals surface area contributed by atoms with Crippen molar-refractivity contribution >= 4 is 5.91 Å². The predicted molar refractivity (Wildman–Crippen MR) is 65.2 cm³/mol. The monoisotopic (exact) mass is 258 g/mol. The first-order valence-corrected chi connectivity index (χ1v) is 6.45. The van der Waals surface area contributed by atoms with Crippen LogP contribution in [-0.2, 0) is 14.3 Å². The van der Waals surface area contributed by atoms with E-state index in [0.717, 1.165) is 0 Å². The standard InChI is InChI=1S/C12H22N2O4/c1-8-3-14(4-9(5-15)18-8)12(16)10-6-17-7-11(10)13-2/h8-11,13,15H,3-7H2,1-2H3. The highest BCUT2D eigenvalue weighted by Gasteiger charge is 2.38. The molecule has 2 N–H and O–H groups in total. The summed E-state index contributed by atoms with van der Waals surface area (Å²) in [5, 5.41) is 12.3. The van der Waals surface area contributed by atoms with Crippen LogP contribution in [0.3, 0.4) is 0 Å². The molecule has 0 radical (unpaired) electrons. The molecule has 0 bridgehead atoms. The summed E-state index contributed by atoms with van der Waals surface area (Å²) in [5.41, 5.74) is 0. The Hall–Kier alpha value is -0.690. The van der Waals surface area contributed by atoms with Gasteiger partial charge < -0.3 is 24.8 Å². The van der Waals surface area contributed by atoms with Crippen LogP contribution in [0.2, 0.25) is 0 Å². The molecule has 0 saturated carbocycles. The molecule has 18 heavy (non-hydrogen) atoms. The van der Waals surface area contributed by atoms with Crippen LogP contribution < -0.4 is 5.32 Å². The number of aliphatic hydroxyl groups is 1. The van der Waals surface area contributed by atoms with Crippen LogP contribution in [0.5, 0.6) is 0 Å². The largest absolute Gasteiger partial charge is 0.394 e. The molecule has 2 rings (SSSR count). The average Bonchev–Trinajstić information content (AvgIpc) is 2.85. The van der Waals surface area contributed by atoms with E-state index >= 15 is 0 Å². The number of hydrogen-bond acceptors (Lipinski definition) is 5. The van der Waals surface area contributed by atoms with Crippen molar-refractivity contribution in [3.8, 4) is 0 Å². The average molecular weight is 258 g/mol. The molecule has 0 aliphatic carbocycles. The highest BCUT2D eigenvalue weighted by atomic mass is 16.5. The van der Waals surface area contributed by atoms with E-state index in [0.29, 0.717) is 26.3 Å². The summed E-state index contributed by atoms with van der Waals surface area (Å²) in [5.74, 6) is -0.0277. The number of morpholine rings is 1. The highest BCUT2D eigenvalue weighted by Crippen LogP contribution is 2.20. The SMILES string of the molecule is CNC1COCC1C(=O)N1CC(C)OC(CO)C1. The number of nitrogens with zero attached hydrogens (tertiary/aromatic N) is 1. The fourth-order valence-electron chi connectivity index (χ4n) is 2.64. The molecule has 104 valence electrons. The quantitative estimate of drug-likeness (QED) is 0.667. The zero-order valence-corrected chi connectivity index (χ0v) is 11.0. The van der Waals surface area contributed by atoms with E-state index < -0.39 is 0 Å². The van der Waals surface area contributed by atoms with Gasteiger partial charge >= 0.3 is 0 Å².